The third-order valence-corrected chi connectivity index (χ3v) is 7.61. The van der Waals surface area contributed by atoms with Crippen LogP contribution in [0.15, 0.2) is 46.8 Å². The molecule has 0 aromatic carbocycles. The molecule has 1 aliphatic rings. The summed E-state index contributed by atoms with van der Waals surface area (Å²) in [5.74, 6) is -1.92. The van der Waals surface area contributed by atoms with Crippen LogP contribution in [0.4, 0.5) is 8.78 Å². The van der Waals surface area contributed by atoms with Gasteiger partial charge in [0.05, 0.1) is 35.7 Å². The van der Waals surface area contributed by atoms with E-state index in [0.29, 0.717) is 16.0 Å². The number of carbonyl (C=O) groups excluding carboxylic acids is 1. The number of hydrogen-bond acceptors (Lipinski definition) is 7. The summed E-state index contributed by atoms with van der Waals surface area (Å²) in [6.45, 7) is 1.46. The maximum Gasteiger partial charge on any atom is 0.245 e. The van der Waals surface area contributed by atoms with Crippen molar-refractivity contribution < 1.29 is 18.7 Å². The molecule has 9 nitrogen and oxygen atoms in total. The Hall–Kier alpha value is -3.82. The van der Waals surface area contributed by atoms with Gasteiger partial charge in [-0.25, -0.2) is 18.3 Å². The van der Waals surface area contributed by atoms with Gasteiger partial charge in [0.15, 0.2) is 5.82 Å². The van der Waals surface area contributed by atoms with Gasteiger partial charge in [0.2, 0.25) is 5.91 Å². The first-order valence-electron chi connectivity index (χ1n) is 11.7. The Morgan fingerprint density at radius 2 is 2.00 bits per heavy atom. The second-order valence-corrected chi connectivity index (χ2v) is 9.95. The zero-order valence-corrected chi connectivity index (χ0v) is 20.7. The molecule has 1 amide bonds. The molecule has 0 unspecified atom stereocenters. The van der Waals surface area contributed by atoms with Gasteiger partial charge in [-0.1, -0.05) is 11.8 Å². The number of aromatic nitrogens is 5. The van der Waals surface area contributed by atoms with E-state index >= 15 is 0 Å². The summed E-state index contributed by atoms with van der Waals surface area (Å²) in [4.78, 5) is 15.9. The second-order valence-electron chi connectivity index (χ2n) is 8.92. The largest absolute Gasteiger partial charge is 0.387 e. The van der Waals surface area contributed by atoms with Crippen LogP contribution >= 0.6 is 11.8 Å². The van der Waals surface area contributed by atoms with Crippen molar-refractivity contribution in [2.75, 3.05) is 6.61 Å². The molecule has 0 bridgehead atoms. The first-order chi connectivity index (χ1) is 17.9. The average molecular weight is 524 g/mol. The predicted octanol–water partition coefficient (Wildman–Crippen LogP) is 3.79. The first-order valence-corrected chi connectivity index (χ1v) is 12.5. The van der Waals surface area contributed by atoms with E-state index in [-0.39, 0.29) is 23.0 Å². The summed E-state index contributed by atoms with van der Waals surface area (Å²) < 4.78 is 31.3. The lowest BCUT2D eigenvalue weighted by Gasteiger charge is -2.30. The Morgan fingerprint density at radius 1 is 1.22 bits per heavy atom. The van der Waals surface area contributed by atoms with E-state index in [0.717, 1.165) is 66.5 Å². The summed E-state index contributed by atoms with van der Waals surface area (Å²) in [6, 6.07) is 4.93. The van der Waals surface area contributed by atoms with Crippen LogP contribution in [0.2, 0.25) is 0 Å². The number of nitrogens with one attached hydrogen (secondary N) is 1. The summed E-state index contributed by atoms with van der Waals surface area (Å²) in [6.07, 6.45) is 9.21. The molecule has 0 radical (unpaired) electrons. The highest BCUT2D eigenvalue weighted by Crippen LogP contribution is 2.38. The average Bonchev–Trinajstić information content (AvgIpc) is 3.49. The Kier molecular flexibility index (Phi) is 6.90. The molecule has 37 heavy (non-hydrogen) atoms. The van der Waals surface area contributed by atoms with Gasteiger partial charge in [0, 0.05) is 40.0 Å². The Balaban J connectivity index is 1.46. The highest BCUT2D eigenvalue weighted by Gasteiger charge is 2.26. The molecule has 2 N–H and O–H groups in total. The molecule has 0 atom stereocenters. The topological polar surface area (TPSA) is 121 Å². The molecule has 1 fully saturated rings. The number of fused-ring (bicyclic) bond motifs is 1. The molecular formula is C25H23F2N7O2S. The van der Waals surface area contributed by atoms with E-state index in [1.54, 1.807) is 16.9 Å². The SMILES string of the molecule is Cc1c(-c2cc(Sc3ncc(F)cc3F)c3c(C#N)cnn3c2)cnn1C1CCC(NC(=O)CO)CC1. The summed E-state index contributed by atoms with van der Waals surface area (Å²) >= 11 is 0.999. The fraction of sp³-hybridized carbons (Fsp3) is 0.320. The smallest absolute Gasteiger partial charge is 0.245 e. The van der Waals surface area contributed by atoms with Crippen LogP contribution in [-0.2, 0) is 4.79 Å². The second kappa shape index (κ2) is 10.3. The molecule has 1 saturated carbocycles. The van der Waals surface area contributed by atoms with Crippen molar-refractivity contribution in [3.05, 3.63) is 59.8 Å². The van der Waals surface area contributed by atoms with Crippen LogP contribution < -0.4 is 5.32 Å². The molecular weight excluding hydrogens is 500 g/mol. The summed E-state index contributed by atoms with van der Waals surface area (Å²) in [5.41, 5.74) is 3.42. The number of amides is 1. The van der Waals surface area contributed by atoms with Crippen molar-refractivity contribution in [3.63, 3.8) is 0 Å². The van der Waals surface area contributed by atoms with Gasteiger partial charge in [-0.05, 0) is 38.7 Å². The monoisotopic (exact) mass is 523 g/mol. The van der Waals surface area contributed by atoms with Gasteiger partial charge >= 0.3 is 0 Å². The van der Waals surface area contributed by atoms with Gasteiger partial charge in [0.1, 0.15) is 23.5 Å². The van der Waals surface area contributed by atoms with Gasteiger partial charge in [0.25, 0.3) is 0 Å². The zero-order valence-electron chi connectivity index (χ0n) is 19.9. The van der Waals surface area contributed by atoms with Gasteiger partial charge in [-0.2, -0.15) is 15.5 Å². The lowest BCUT2D eigenvalue weighted by Crippen LogP contribution is -2.39. The molecule has 0 spiro atoms. The van der Waals surface area contributed by atoms with Crippen LogP contribution in [0.5, 0.6) is 0 Å². The molecule has 0 saturated heterocycles. The number of nitriles is 1. The molecule has 5 rings (SSSR count). The fourth-order valence-electron chi connectivity index (χ4n) is 4.79. The van der Waals surface area contributed by atoms with E-state index in [1.807, 2.05) is 17.7 Å². The van der Waals surface area contributed by atoms with Crippen molar-refractivity contribution in [1.29, 1.82) is 5.26 Å². The lowest BCUT2D eigenvalue weighted by atomic mass is 9.91. The molecule has 12 heteroatoms. The van der Waals surface area contributed by atoms with Crippen LogP contribution in [0, 0.1) is 29.9 Å². The molecule has 1 aliphatic carbocycles. The van der Waals surface area contributed by atoms with E-state index in [2.05, 4.69) is 26.6 Å². The number of halogens is 2. The maximum absolute atomic E-state index is 14.4. The Morgan fingerprint density at radius 3 is 2.70 bits per heavy atom. The molecule has 4 aromatic rings. The minimum Gasteiger partial charge on any atom is -0.387 e. The molecule has 4 heterocycles. The number of aliphatic hydroxyl groups excluding tert-OH is 1. The number of carbonyl (C=O) groups is 1. The van der Waals surface area contributed by atoms with Crippen molar-refractivity contribution in [1.82, 2.24) is 29.7 Å². The normalized spacial score (nSPS) is 17.6. The van der Waals surface area contributed by atoms with Crippen LogP contribution in [0.1, 0.15) is 43.0 Å². The molecule has 190 valence electrons. The number of hydrogen-bond donors (Lipinski definition) is 2. The van der Waals surface area contributed by atoms with Crippen LogP contribution in [-0.4, -0.2) is 48.0 Å². The van der Waals surface area contributed by atoms with Crippen molar-refractivity contribution in [2.24, 2.45) is 0 Å². The van der Waals surface area contributed by atoms with E-state index < -0.39 is 18.2 Å². The van der Waals surface area contributed by atoms with Crippen molar-refractivity contribution >= 4 is 23.2 Å². The van der Waals surface area contributed by atoms with Gasteiger partial charge < -0.3 is 10.4 Å². The highest BCUT2D eigenvalue weighted by atomic mass is 32.2. The minimum atomic E-state index is -0.790. The Bertz CT molecular complexity index is 1520. The van der Waals surface area contributed by atoms with Crippen LogP contribution in [0.3, 0.4) is 0 Å². The van der Waals surface area contributed by atoms with Gasteiger partial charge in [-0.3, -0.25) is 9.48 Å². The first kappa shape index (κ1) is 24.9. The standard InChI is InChI=1S/C25H23F2N7O2S/c1-14-20(11-31-34(14)19-4-2-18(3-5-19)32-23(36)13-35)15-6-22(24-16(8-28)9-30-33(24)12-15)37-25-21(27)7-17(26)10-29-25/h6-7,9-12,18-19,35H,2-5,13H2,1H3,(H,32,36). The van der Waals surface area contributed by atoms with Crippen molar-refractivity contribution in [2.45, 2.75) is 54.6 Å². The lowest BCUT2D eigenvalue weighted by molar-refractivity contribution is -0.124. The summed E-state index contributed by atoms with van der Waals surface area (Å²) in [5, 5.41) is 30.3. The number of aliphatic hydroxyl groups is 1. The van der Waals surface area contributed by atoms with Crippen LogP contribution in [0.25, 0.3) is 16.6 Å². The predicted molar refractivity (Wildman–Crippen MR) is 131 cm³/mol. The number of nitrogens with zero attached hydrogens (tertiary/aromatic N) is 6. The van der Waals surface area contributed by atoms with E-state index in [1.165, 1.54) is 6.20 Å². The minimum absolute atomic E-state index is 0.0111. The quantitative estimate of drug-likeness (QED) is 0.394. The number of pyridine rings is 2. The highest BCUT2D eigenvalue weighted by molar-refractivity contribution is 7.99. The van der Waals surface area contributed by atoms with Gasteiger partial charge in [-0.15, -0.1) is 0 Å². The zero-order chi connectivity index (χ0) is 26.1. The Labute approximate surface area is 215 Å². The van der Waals surface area contributed by atoms with Crippen molar-refractivity contribution in [3.8, 4) is 17.2 Å². The molecule has 4 aromatic heterocycles. The third kappa shape index (κ3) is 4.92. The van der Waals surface area contributed by atoms with E-state index in [9.17, 15) is 18.8 Å². The fourth-order valence-corrected chi connectivity index (χ4v) is 5.74. The maximum atomic E-state index is 14.4. The number of rotatable bonds is 6. The summed E-state index contributed by atoms with van der Waals surface area (Å²) in [7, 11) is 0. The molecule has 0 aliphatic heterocycles. The van der Waals surface area contributed by atoms with E-state index in [4.69, 9.17) is 5.11 Å². The third-order valence-electron chi connectivity index (χ3n) is 6.58.